The van der Waals surface area contributed by atoms with E-state index in [4.69, 9.17) is 11.6 Å². The van der Waals surface area contributed by atoms with Gasteiger partial charge in [-0.05, 0) is 61.2 Å². The van der Waals surface area contributed by atoms with Crippen LogP contribution < -0.4 is 5.32 Å². The summed E-state index contributed by atoms with van der Waals surface area (Å²) in [4.78, 5) is 15.9. The maximum atomic E-state index is 13.4. The Labute approximate surface area is 212 Å². The van der Waals surface area contributed by atoms with Crippen molar-refractivity contribution in [2.75, 3.05) is 13.1 Å². The van der Waals surface area contributed by atoms with Gasteiger partial charge in [-0.25, -0.2) is 0 Å². The zero-order valence-corrected chi connectivity index (χ0v) is 20.7. The van der Waals surface area contributed by atoms with Gasteiger partial charge in [0.25, 0.3) is 5.91 Å². The number of rotatable bonds is 6. The molecule has 0 radical (unpaired) electrons. The van der Waals surface area contributed by atoms with Gasteiger partial charge in [0.15, 0.2) is 0 Å². The van der Waals surface area contributed by atoms with Crippen LogP contribution >= 0.6 is 11.6 Å². The highest BCUT2D eigenvalue weighted by atomic mass is 35.5. The lowest BCUT2D eigenvalue weighted by atomic mass is 10.0. The molecule has 4 aromatic rings. The smallest absolute Gasteiger partial charge is 0.253 e. The number of aromatic nitrogens is 1. The Kier molecular flexibility index (Phi) is 7.03. The predicted molar refractivity (Wildman–Crippen MR) is 143 cm³/mol. The van der Waals surface area contributed by atoms with Crippen molar-refractivity contribution in [1.82, 2.24) is 14.8 Å². The summed E-state index contributed by atoms with van der Waals surface area (Å²) in [5.74, 6) is -0.00564. The SMILES string of the molecule is Cc1c(C(=O)NC2CCN(Cc3ccccc3)CC2)cc(-c2ccc(Cl)cc2)n1-c1ccccc1. The molecule has 1 aromatic heterocycles. The van der Waals surface area contributed by atoms with Crippen LogP contribution in [0.3, 0.4) is 0 Å². The molecule has 1 aliphatic heterocycles. The van der Waals surface area contributed by atoms with Crippen LogP contribution in [0.5, 0.6) is 0 Å². The molecule has 0 spiro atoms. The number of halogens is 1. The maximum Gasteiger partial charge on any atom is 0.253 e. The first-order valence-corrected chi connectivity index (χ1v) is 12.6. The number of nitrogens with one attached hydrogen (secondary N) is 1. The van der Waals surface area contributed by atoms with E-state index in [0.717, 1.165) is 55.1 Å². The lowest BCUT2D eigenvalue weighted by molar-refractivity contribution is 0.0908. The fourth-order valence-corrected chi connectivity index (χ4v) is 5.05. The van der Waals surface area contributed by atoms with Gasteiger partial charge in [-0.2, -0.15) is 0 Å². The van der Waals surface area contributed by atoms with Crippen LogP contribution in [0.15, 0.2) is 91.0 Å². The van der Waals surface area contributed by atoms with Crippen LogP contribution in [0, 0.1) is 6.92 Å². The molecular weight excluding hydrogens is 454 g/mol. The molecule has 2 heterocycles. The van der Waals surface area contributed by atoms with Crippen molar-refractivity contribution in [3.8, 4) is 16.9 Å². The summed E-state index contributed by atoms with van der Waals surface area (Å²) in [7, 11) is 0. The van der Waals surface area contributed by atoms with Crippen molar-refractivity contribution in [3.63, 3.8) is 0 Å². The quantitative estimate of drug-likeness (QED) is 0.340. The molecule has 1 amide bonds. The van der Waals surface area contributed by atoms with Gasteiger partial charge < -0.3 is 9.88 Å². The fourth-order valence-electron chi connectivity index (χ4n) is 4.92. The molecule has 4 nitrogen and oxygen atoms in total. The molecule has 1 fully saturated rings. The monoisotopic (exact) mass is 483 g/mol. The van der Waals surface area contributed by atoms with Gasteiger partial charge in [0, 0.05) is 42.1 Å². The van der Waals surface area contributed by atoms with Crippen molar-refractivity contribution in [2.24, 2.45) is 0 Å². The second-order valence-corrected chi connectivity index (χ2v) is 9.65. The van der Waals surface area contributed by atoms with E-state index in [1.165, 1.54) is 5.56 Å². The molecule has 0 aliphatic carbocycles. The van der Waals surface area contributed by atoms with E-state index in [0.29, 0.717) is 10.6 Å². The highest BCUT2D eigenvalue weighted by Crippen LogP contribution is 2.30. The minimum Gasteiger partial charge on any atom is -0.349 e. The molecule has 35 heavy (non-hydrogen) atoms. The summed E-state index contributed by atoms with van der Waals surface area (Å²) in [6.07, 6.45) is 1.92. The van der Waals surface area contributed by atoms with E-state index in [1.807, 2.05) is 55.5 Å². The summed E-state index contributed by atoms with van der Waals surface area (Å²) in [5.41, 5.74) is 6.01. The first kappa shape index (κ1) is 23.4. The number of piperidine rings is 1. The fraction of sp³-hybridized carbons (Fsp3) is 0.233. The number of benzene rings is 3. The number of carbonyl (C=O) groups excluding carboxylic acids is 1. The third-order valence-electron chi connectivity index (χ3n) is 6.82. The largest absolute Gasteiger partial charge is 0.349 e. The standard InChI is InChI=1S/C30H30ClN3O/c1-22-28(30(35)32-26-16-18-33(19-17-26)21-23-8-4-2-5-9-23)20-29(24-12-14-25(31)15-13-24)34(22)27-10-6-3-7-11-27/h2-15,20,26H,16-19,21H2,1H3,(H,32,35). The number of nitrogens with zero attached hydrogens (tertiary/aromatic N) is 2. The zero-order valence-electron chi connectivity index (χ0n) is 20.0. The molecule has 1 N–H and O–H groups in total. The highest BCUT2D eigenvalue weighted by molar-refractivity contribution is 6.30. The molecule has 0 atom stereocenters. The second kappa shape index (κ2) is 10.5. The number of hydrogen-bond donors (Lipinski definition) is 1. The van der Waals surface area contributed by atoms with Gasteiger partial charge in [0.1, 0.15) is 0 Å². The molecule has 5 rings (SSSR count). The Hall–Kier alpha value is -3.34. The first-order chi connectivity index (χ1) is 17.1. The summed E-state index contributed by atoms with van der Waals surface area (Å²) >= 11 is 6.13. The number of amides is 1. The normalized spacial score (nSPS) is 14.7. The first-order valence-electron chi connectivity index (χ1n) is 12.2. The molecule has 3 aromatic carbocycles. The van der Waals surface area contributed by atoms with E-state index in [1.54, 1.807) is 0 Å². The minimum atomic E-state index is -0.00564. The van der Waals surface area contributed by atoms with Crippen molar-refractivity contribution in [3.05, 3.63) is 113 Å². The van der Waals surface area contributed by atoms with Crippen LogP contribution in [-0.2, 0) is 6.54 Å². The topological polar surface area (TPSA) is 37.3 Å². The van der Waals surface area contributed by atoms with E-state index in [-0.39, 0.29) is 11.9 Å². The van der Waals surface area contributed by atoms with Gasteiger partial charge in [-0.3, -0.25) is 9.69 Å². The Morgan fingerprint density at radius 1 is 0.914 bits per heavy atom. The molecule has 0 saturated carbocycles. The Morgan fingerprint density at radius 2 is 1.54 bits per heavy atom. The Bertz CT molecular complexity index is 1270. The predicted octanol–water partition coefficient (Wildman–Crippen LogP) is 6.50. The Morgan fingerprint density at radius 3 is 2.20 bits per heavy atom. The van der Waals surface area contributed by atoms with Gasteiger partial charge in [-0.1, -0.05) is 72.3 Å². The zero-order chi connectivity index (χ0) is 24.2. The van der Waals surface area contributed by atoms with Crippen molar-refractivity contribution in [1.29, 1.82) is 0 Å². The molecule has 0 unspecified atom stereocenters. The third kappa shape index (κ3) is 5.34. The van der Waals surface area contributed by atoms with Crippen molar-refractivity contribution < 1.29 is 4.79 Å². The number of likely N-dealkylation sites (tertiary alicyclic amines) is 1. The lowest BCUT2D eigenvalue weighted by Crippen LogP contribution is -2.44. The summed E-state index contributed by atoms with van der Waals surface area (Å²) in [5, 5.41) is 4.01. The highest BCUT2D eigenvalue weighted by Gasteiger charge is 2.24. The van der Waals surface area contributed by atoms with Gasteiger partial charge in [-0.15, -0.1) is 0 Å². The van der Waals surface area contributed by atoms with E-state index < -0.39 is 0 Å². The van der Waals surface area contributed by atoms with E-state index in [2.05, 4.69) is 57.2 Å². The number of hydrogen-bond acceptors (Lipinski definition) is 2. The molecule has 178 valence electrons. The van der Waals surface area contributed by atoms with Crippen LogP contribution in [0.4, 0.5) is 0 Å². The average Bonchev–Trinajstić information content (AvgIpc) is 3.24. The Balaban J connectivity index is 1.33. The van der Waals surface area contributed by atoms with Gasteiger partial charge in [0.2, 0.25) is 0 Å². The molecule has 0 bridgehead atoms. The summed E-state index contributed by atoms with van der Waals surface area (Å²) in [6, 6.07) is 30.7. The van der Waals surface area contributed by atoms with E-state index in [9.17, 15) is 4.79 Å². The third-order valence-corrected chi connectivity index (χ3v) is 7.07. The van der Waals surface area contributed by atoms with Gasteiger partial charge in [0.05, 0.1) is 11.3 Å². The van der Waals surface area contributed by atoms with Crippen molar-refractivity contribution >= 4 is 17.5 Å². The number of para-hydroxylation sites is 1. The number of carbonyl (C=O) groups is 1. The molecule has 1 aliphatic rings. The van der Waals surface area contributed by atoms with Crippen LogP contribution in [0.25, 0.3) is 16.9 Å². The van der Waals surface area contributed by atoms with E-state index >= 15 is 0 Å². The average molecular weight is 484 g/mol. The maximum absolute atomic E-state index is 13.4. The summed E-state index contributed by atoms with van der Waals surface area (Å²) in [6.45, 7) is 4.95. The lowest BCUT2D eigenvalue weighted by Gasteiger charge is -2.32. The van der Waals surface area contributed by atoms with Crippen LogP contribution in [-0.4, -0.2) is 34.5 Å². The van der Waals surface area contributed by atoms with Crippen LogP contribution in [0.2, 0.25) is 5.02 Å². The second-order valence-electron chi connectivity index (χ2n) is 9.22. The molecule has 1 saturated heterocycles. The molecular formula is C30H30ClN3O. The van der Waals surface area contributed by atoms with Crippen molar-refractivity contribution in [2.45, 2.75) is 32.4 Å². The molecule has 5 heteroatoms. The van der Waals surface area contributed by atoms with Gasteiger partial charge >= 0.3 is 0 Å². The summed E-state index contributed by atoms with van der Waals surface area (Å²) < 4.78 is 2.15. The minimum absolute atomic E-state index is 0.00564. The van der Waals surface area contributed by atoms with Crippen LogP contribution in [0.1, 0.15) is 34.5 Å².